The molecule has 5 rings (SSSR count). The number of hydrogen-bond acceptors (Lipinski definition) is 4. The van der Waals surface area contributed by atoms with Gasteiger partial charge in [-0.15, -0.1) is 0 Å². The summed E-state index contributed by atoms with van der Waals surface area (Å²) in [5.41, 5.74) is 3.49. The van der Waals surface area contributed by atoms with Gasteiger partial charge in [-0.25, -0.2) is 4.39 Å². The summed E-state index contributed by atoms with van der Waals surface area (Å²) in [5, 5.41) is 11.0. The molecule has 7 heteroatoms. The fourth-order valence-corrected chi connectivity index (χ4v) is 5.59. The van der Waals surface area contributed by atoms with Crippen molar-refractivity contribution in [2.45, 2.75) is 53.1 Å². The second-order valence-electron chi connectivity index (χ2n) is 10.1. The molecular formula is C28H32FN5O. The molecule has 0 aliphatic carbocycles. The monoisotopic (exact) mass is 473 g/mol. The summed E-state index contributed by atoms with van der Waals surface area (Å²) in [6.45, 7) is 13.7. The van der Waals surface area contributed by atoms with Crippen LogP contribution >= 0.6 is 0 Å². The van der Waals surface area contributed by atoms with Crippen molar-refractivity contribution in [3.63, 3.8) is 0 Å². The van der Waals surface area contributed by atoms with Gasteiger partial charge in [0, 0.05) is 54.6 Å². The number of halogens is 1. The van der Waals surface area contributed by atoms with E-state index in [4.69, 9.17) is 0 Å². The number of fused-ring (bicyclic) bond motifs is 4. The third-order valence-corrected chi connectivity index (χ3v) is 7.41. The number of rotatable bonds is 4. The number of aryl methyl sites for hydroxylation is 1. The number of benzene rings is 2. The lowest BCUT2D eigenvalue weighted by molar-refractivity contribution is 0.209. The molecule has 0 amide bonds. The van der Waals surface area contributed by atoms with Gasteiger partial charge < -0.3 is 14.5 Å². The molecule has 1 aliphatic rings. The molecule has 0 unspecified atom stereocenters. The Hall–Kier alpha value is -3.37. The number of nitrogens with one attached hydrogen (secondary N) is 1. The molecule has 0 saturated carbocycles. The maximum Gasteiger partial charge on any atom is 0.199 e. The van der Waals surface area contributed by atoms with Crippen LogP contribution in [0.5, 0.6) is 0 Å². The van der Waals surface area contributed by atoms with Crippen LogP contribution in [-0.2, 0) is 6.42 Å². The smallest absolute Gasteiger partial charge is 0.199 e. The summed E-state index contributed by atoms with van der Waals surface area (Å²) in [4.78, 5) is 21.7. The molecule has 0 radical (unpaired) electrons. The van der Waals surface area contributed by atoms with Crippen LogP contribution in [-0.4, -0.2) is 46.7 Å². The van der Waals surface area contributed by atoms with Crippen molar-refractivity contribution in [1.29, 1.82) is 5.26 Å². The first-order chi connectivity index (χ1) is 16.8. The standard InChI is InChI=1S/C28H32FN5O/c1-6-19-14-21-26(24(29)25(19)33-11-9-32(10-12-33)16(2)3)34(17(4)5)28-23(27(21)35)20-8-7-18(15-30)13-22(20)31-28/h7-8,13-14,16-17,31H,6,9-12H2,1-5H3. The number of pyridine rings is 1. The van der Waals surface area contributed by atoms with Crippen molar-refractivity contribution >= 4 is 38.5 Å². The molecule has 6 nitrogen and oxygen atoms in total. The molecule has 182 valence electrons. The summed E-state index contributed by atoms with van der Waals surface area (Å²) < 4.78 is 18.5. The molecule has 35 heavy (non-hydrogen) atoms. The van der Waals surface area contributed by atoms with E-state index >= 15 is 4.39 Å². The highest BCUT2D eigenvalue weighted by Crippen LogP contribution is 2.36. The van der Waals surface area contributed by atoms with Crippen LogP contribution in [0.2, 0.25) is 0 Å². The second-order valence-corrected chi connectivity index (χ2v) is 10.1. The van der Waals surface area contributed by atoms with Crippen LogP contribution in [0, 0.1) is 17.1 Å². The Morgan fingerprint density at radius 3 is 2.37 bits per heavy atom. The molecule has 0 bridgehead atoms. The lowest BCUT2D eigenvalue weighted by atomic mass is 10.0. The number of nitriles is 1. The lowest BCUT2D eigenvalue weighted by Crippen LogP contribution is -2.49. The van der Waals surface area contributed by atoms with E-state index < -0.39 is 0 Å². The van der Waals surface area contributed by atoms with Gasteiger partial charge in [0.25, 0.3) is 0 Å². The molecule has 3 heterocycles. The number of piperazine rings is 1. The molecule has 2 aromatic carbocycles. The first kappa shape index (κ1) is 23.4. The SMILES string of the molecule is CCc1cc2c(=O)c3c4ccc(C#N)cc4[nH]c3n(C(C)C)c2c(F)c1N1CCN(C(C)C)CC1. The number of aromatic amines is 1. The third kappa shape index (κ3) is 3.59. The molecule has 1 saturated heterocycles. The maximum atomic E-state index is 16.6. The minimum absolute atomic E-state index is 0.0864. The Balaban J connectivity index is 1.83. The zero-order valence-electron chi connectivity index (χ0n) is 21.1. The Kier molecular flexibility index (Phi) is 5.80. The van der Waals surface area contributed by atoms with E-state index in [0.717, 1.165) is 37.1 Å². The molecule has 0 spiro atoms. The highest BCUT2D eigenvalue weighted by Gasteiger charge is 2.28. The average Bonchev–Trinajstić information content (AvgIpc) is 3.22. The Morgan fingerprint density at radius 2 is 1.77 bits per heavy atom. The van der Waals surface area contributed by atoms with Crippen LogP contribution in [0.3, 0.4) is 0 Å². The van der Waals surface area contributed by atoms with Crippen molar-refractivity contribution in [1.82, 2.24) is 14.5 Å². The minimum atomic E-state index is -0.318. The predicted molar refractivity (Wildman–Crippen MR) is 141 cm³/mol. The number of anilines is 1. The maximum absolute atomic E-state index is 16.6. The summed E-state index contributed by atoms with van der Waals surface area (Å²) in [6, 6.07) is 9.72. The van der Waals surface area contributed by atoms with E-state index in [2.05, 4.69) is 34.7 Å². The molecule has 2 aromatic heterocycles. The zero-order chi connectivity index (χ0) is 25.0. The highest BCUT2D eigenvalue weighted by molar-refractivity contribution is 6.10. The zero-order valence-corrected chi connectivity index (χ0v) is 21.1. The van der Waals surface area contributed by atoms with Gasteiger partial charge in [0.05, 0.1) is 28.2 Å². The predicted octanol–water partition coefficient (Wildman–Crippen LogP) is 5.32. The Morgan fingerprint density at radius 1 is 1.06 bits per heavy atom. The van der Waals surface area contributed by atoms with Crippen molar-refractivity contribution in [3.8, 4) is 6.07 Å². The van der Waals surface area contributed by atoms with Crippen molar-refractivity contribution in [3.05, 3.63) is 51.4 Å². The van der Waals surface area contributed by atoms with E-state index in [9.17, 15) is 10.1 Å². The van der Waals surface area contributed by atoms with Gasteiger partial charge in [0.15, 0.2) is 11.2 Å². The largest absolute Gasteiger partial charge is 0.366 e. The van der Waals surface area contributed by atoms with E-state index in [1.807, 2.05) is 37.5 Å². The Bertz CT molecular complexity index is 1550. The first-order valence-electron chi connectivity index (χ1n) is 12.5. The van der Waals surface area contributed by atoms with Gasteiger partial charge in [-0.1, -0.05) is 13.0 Å². The van der Waals surface area contributed by atoms with Gasteiger partial charge >= 0.3 is 0 Å². The lowest BCUT2D eigenvalue weighted by Gasteiger charge is -2.39. The van der Waals surface area contributed by atoms with Crippen molar-refractivity contribution < 1.29 is 4.39 Å². The third-order valence-electron chi connectivity index (χ3n) is 7.41. The van der Waals surface area contributed by atoms with Gasteiger partial charge in [-0.05, 0) is 57.9 Å². The highest BCUT2D eigenvalue weighted by atomic mass is 19.1. The fourth-order valence-electron chi connectivity index (χ4n) is 5.59. The van der Waals surface area contributed by atoms with E-state index in [1.165, 1.54) is 0 Å². The van der Waals surface area contributed by atoms with E-state index in [0.29, 0.717) is 51.2 Å². The fraction of sp³-hybridized carbons (Fsp3) is 0.429. The van der Waals surface area contributed by atoms with Gasteiger partial charge in [0.1, 0.15) is 5.65 Å². The summed E-state index contributed by atoms with van der Waals surface area (Å²) in [6.07, 6.45) is 0.644. The Labute approximate surface area is 204 Å². The first-order valence-corrected chi connectivity index (χ1v) is 12.5. The normalized spacial score (nSPS) is 15.2. The van der Waals surface area contributed by atoms with Crippen LogP contribution in [0.25, 0.3) is 32.8 Å². The number of aromatic nitrogens is 2. The molecule has 4 aromatic rings. The molecule has 0 atom stereocenters. The van der Waals surface area contributed by atoms with Gasteiger partial charge in [-0.2, -0.15) is 5.26 Å². The number of H-pyrrole nitrogens is 1. The number of nitrogens with zero attached hydrogens (tertiary/aromatic N) is 4. The summed E-state index contributed by atoms with van der Waals surface area (Å²) in [7, 11) is 0. The number of hydrogen-bond donors (Lipinski definition) is 1. The van der Waals surface area contributed by atoms with E-state index in [1.54, 1.807) is 12.1 Å². The van der Waals surface area contributed by atoms with Crippen molar-refractivity contribution in [2.75, 3.05) is 31.1 Å². The average molecular weight is 474 g/mol. The van der Waals surface area contributed by atoms with Gasteiger partial charge in [0.2, 0.25) is 0 Å². The van der Waals surface area contributed by atoms with Crippen LogP contribution < -0.4 is 10.3 Å². The van der Waals surface area contributed by atoms with Gasteiger partial charge in [-0.3, -0.25) is 9.69 Å². The van der Waals surface area contributed by atoms with Crippen LogP contribution in [0.1, 0.15) is 51.8 Å². The summed E-state index contributed by atoms with van der Waals surface area (Å²) in [5.74, 6) is -0.318. The second kappa shape index (κ2) is 8.69. The van der Waals surface area contributed by atoms with Crippen LogP contribution in [0.15, 0.2) is 29.1 Å². The quantitative estimate of drug-likeness (QED) is 0.436. The summed E-state index contributed by atoms with van der Waals surface area (Å²) >= 11 is 0. The van der Waals surface area contributed by atoms with Crippen molar-refractivity contribution in [2.24, 2.45) is 0 Å². The molecule has 1 aliphatic heterocycles. The minimum Gasteiger partial charge on any atom is -0.366 e. The molecule has 1 N–H and O–H groups in total. The topological polar surface area (TPSA) is 68.1 Å². The van der Waals surface area contributed by atoms with Crippen LogP contribution in [0.4, 0.5) is 10.1 Å². The van der Waals surface area contributed by atoms with E-state index in [-0.39, 0.29) is 17.3 Å². The molecular weight excluding hydrogens is 441 g/mol. The molecule has 1 fully saturated rings.